The number of anilines is 3. The van der Waals surface area contributed by atoms with Gasteiger partial charge in [0.2, 0.25) is 11.9 Å². The van der Waals surface area contributed by atoms with Gasteiger partial charge in [0.15, 0.2) is 0 Å². The van der Waals surface area contributed by atoms with Crippen molar-refractivity contribution in [2.75, 3.05) is 43.4 Å². The lowest BCUT2D eigenvalue weighted by Crippen LogP contribution is -2.50. The number of aromatic nitrogens is 3. The normalized spacial score (nSPS) is 21.3. The first-order chi connectivity index (χ1) is 17.1. The van der Waals surface area contributed by atoms with Crippen LogP contribution in [0.2, 0.25) is 0 Å². The van der Waals surface area contributed by atoms with Crippen molar-refractivity contribution in [2.24, 2.45) is 5.92 Å². The van der Waals surface area contributed by atoms with Crippen molar-refractivity contribution in [1.29, 1.82) is 0 Å². The van der Waals surface area contributed by atoms with Gasteiger partial charge in [-0.15, -0.1) is 0 Å². The van der Waals surface area contributed by atoms with Crippen LogP contribution in [-0.4, -0.2) is 63.4 Å². The fourth-order valence-corrected chi connectivity index (χ4v) is 4.68. The van der Waals surface area contributed by atoms with E-state index in [9.17, 15) is 4.79 Å². The Morgan fingerprint density at radius 2 is 1.94 bits per heavy atom. The summed E-state index contributed by atoms with van der Waals surface area (Å²) in [7, 11) is 0. The largest absolute Gasteiger partial charge is 0.370 e. The lowest BCUT2D eigenvalue weighted by molar-refractivity contribution is -0.136. The van der Waals surface area contributed by atoms with Crippen molar-refractivity contribution < 1.29 is 4.79 Å². The third kappa shape index (κ3) is 6.14. The average molecular weight is 472 g/mol. The molecule has 3 aromatic rings. The molecule has 2 aromatic heterocycles. The minimum Gasteiger partial charge on any atom is -0.370 e. The SMILES string of the molecule is CC1CCCNc2ccc(cn2)-c2ccnc(n2)Nc2cccc(c2)CN2CCN(CC1)C(=O)C2. The Bertz CT molecular complexity index is 1150. The van der Waals surface area contributed by atoms with E-state index in [-0.39, 0.29) is 5.91 Å². The van der Waals surface area contributed by atoms with Gasteiger partial charge >= 0.3 is 0 Å². The van der Waals surface area contributed by atoms with E-state index in [1.54, 1.807) is 6.20 Å². The van der Waals surface area contributed by atoms with E-state index >= 15 is 0 Å². The van der Waals surface area contributed by atoms with Gasteiger partial charge in [0.25, 0.3) is 0 Å². The monoisotopic (exact) mass is 471 g/mol. The van der Waals surface area contributed by atoms with Gasteiger partial charge in [0.1, 0.15) is 5.82 Å². The van der Waals surface area contributed by atoms with Crippen LogP contribution < -0.4 is 10.6 Å². The van der Waals surface area contributed by atoms with E-state index in [4.69, 9.17) is 4.98 Å². The van der Waals surface area contributed by atoms with Crippen molar-refractivity contribution >= 4 is 23.4 Å². The van der Waals surface area contributed by atoms with E-state index in [0.717, 1.165) is 80.3 Å². The number of benzene rings is 1. The summed E-state index contributed by atoms with van der Waals surface area (Å²) in [5, 5.41) is 6.75. The molecule has 5 aliphatic rings. The Morgan fingerprint density at radius 1 is 1.00 bits per heavy atom. The molecule has 8 bridgehead atoms. The summed E-state index contributed by atoms with van der Waals surface area (Å²) in [4.78, 5) is 30.7. The lowest BCUT2D eigenvalue weighted by atomic mass is 10.0. The number of amides is 1. The Kier molecular flexibility index (Phi) is 7.18. The summed E-state index contributed by atoms with van der Waals surface area (Å²) in [6.07, 6.45) is 6.86. The summed E-state index contributed by atoms with van der Waals surface area (Å²) in [5.41, 5.74) is 3.85. The molecular weight excluding hydrogens is 438 g/mol. The van der Waals surface area contributed by atoms with Crippen molar-refractivity contribution in [2.45, 2.75) is 32.7 Å². The molecule has 2 atom stereocenters. The van der Waals surface area contributed by atoms with E-state index in [1.165, 1.54) is 0 Å². The minimum absolute atomic E-state index is 0.234. The van der Waals surface area contributed by atoms with Crippen LogP contribution in [0.4, 0.5) is 17.5 Å². The first-order valence-electron chi connectivity index (χ1n) is 12.5. The van der Waals surface area contributed by atoms with Crippen LogP contribution >= 0.6 is 0 Å². The number of nitrogens with one attached hydrogen (secondary N) is 2. The van der Waals surface area contributed by atoms with Crippen molar-refractivity contribution in [3.8, 4) is 11.3 Å². The number of piperazine rings is 1. The van der Waals surface area contributed by atoms with Crippen LogP contribution in [0, 0.1) is 5.92 Å². The molecule has 1 aromatic carbocycles. The molecule has 8 heteroatoms. The number of carbonyl (C=O) groups is 1. The van der Waals surface area contributed by atoms with Crippen LogP contribution in [0.5, 0.6) is 0 Å². The van der Waals surface area contributed by atoms with Gasteiger partial charge in [0, 0.05) is 56.4 Å². The highest BCUT2D eigenvalue weighted by Gasteiger charge is 2.24. The predicted molar refractivity (Wildman–Crippen MR) is 138 cm³/mol. The summed E-state index contributed by atoms with van der Waals surface area (Å²) >= 11 is 0. The Labute approximate surface area is 206 Å². The smallest absolute Gasteiger partial charge is 0.236 e. The second-order valence-electron chi connectivity index (χ2n) is 9.58. The summed E-state index contributed by atoms with van der Waals surface area (Å²) in [5.74, 6) is 2.23. The maximum Gasteiger partial charge on any atom is 0.236 e. The Hall–Kier alpha value is -3.52. The highest BCUT2D eigenvalue weighted by atomic mass is 16.2. The molecule has 5 aliphatic heterocycles. The molecule has 1 amide bonds. The third-order valence-corrected chi connectivity index (χ3v) is 6.77. The van der Waals surface area contributed by atoms with Gasteiger partial charge in [0.05, 0.1) is 12.2 Å². The summed E-state index contributed by atoms with van der Waals surface area (Å²) < 4.78 is 0. The highest BCUT2D eigenvalue weighted by molar-refractivity contribution is 5.79. The molecule has 2 N–H and O–H groups in total. The van der Waals surface area contributed by atoms with E-state index in [2.05, 4.69) is 44.6 Å². The first-order valence-corrected chi connectivity index (χ1v) is 12.5. The highest BCUT2D eigenvalue weighted by Crippen LogP contribution is 2.22. The second-order valence-corrected chi connectivity index (χ2v) is 9.58. The lowest BCUT2D eigenvalue weighted by Gasteiger charge is -2.35. The molecule has 35 heavy (non-hydrogen) atoms. The van der Waals surface area contributed by atoms with Gasteiger partial charge in [-0.2, -0.15) is 0 Å². The first kappa shape index (κ1) is 23.2. The van der Waals surface area contributed by atoms with E-state index < -0.39 is 0 Å². The molecule has 1 fully saturated rings. The van der Waals surface area contributed by atoms with Crippen LogP contribution in [-0.2, 0) is 11.3 Å². The van der Waals surface area contributed by atoms with Crippen molar-refractivity contribution in [3.63, 3.8) is 0 Å². The van der Waals surface area contributed by atoms with Gasteiger partial charge in [-0.3, -0.25) is 9.69 Å². The van der Waals surface area contributed by atoms with Gasteiger partial charge < -0.3 is 15.5 Å². The van der Waals surface area contributed by atoms with Crippen LogP contribution in [0.3, 0.4) is 0 Å². The molecule has 8 rings (SSSR count). The standard InChI is InChI=1S/C27H33N7O/c1-20-4-3-11-28-25-8-7-22(17-30-25)24-9-12-29-27(32-24)31-23-6-2-5-21(16-23)18-33-14-15-34(13-10-20)26(35)19-33/h2,5-9,12,16-17,20H,3-4,10-11,13-15,18-19H2,1H3,(H,28,30)(H,29,31,32). The summed E-state index contributed by atoms with van der Waals surface area (Å²) in [6.45, 7) is 6.94. The molecule has 0 aliphatic carbocycles. The molecule has 0 radical (unpaired) electrons. The topological polar surface area (TPSA) is 86.3 Å². The average Bonchev–Trinajstić information content (AvgIpc) is 2.86. The zero-order valence-electron chi connectivity index (χ0n) is 20.3. The Morgan fingerprint density at radius 3 is 2.80 bits per heavy atom. The minimum atomic E-state index is 0.234. The number of pyridine rings is 1. The fourth-order valence-electron chi connectivity index (χ4n) is 4.68. The molecular formula is C27H33N7O. The maximum atomic E-state index is 12.8. The quantitative estimate of drug-likeness (QED) is 0.509. The number of carbonyl (C=O) groups excluding carboxylic acids is 1. The number of rotatable bonds is 0. The molecule has 7 heterocycles. The molecule has 0 spiro atoms. The Balaban J connectivity index is 1.37. The van der Waals surface area contributed by atoms with Crippen molar-refractivity contribution in [3.05, 3.63) is 60.4 Å². The van der Waals surface area contributed by atoms with Crippen molar-refractivity contribution in [1.82, 2.24) is 24.8 Å². The number of nitrogens with zero attached hydrogens (tertiary/aromatic N) is 5. The second kappa shape index (κ2) is 10.8. The zero-order chi connectivity index (χ0) is 24.0. The van der Waals surface area contributed by atoms with E-state index in [0.29, 0.717) is 18.4 Å². The number of hydrogen-bond donors (Lipinski definition) is 2. The number of hydrogen-bond acceptors (Lipinski definition) is 7. The molecule has 8 nitrogen and oxygen atoms in total. The molecule has 1 saturated heterocycles. The van der Waals surface area contributed by atoms with E-state index in [1.807, 2.05) is 41.4 Å². The van der Waals surface area contributed by atoms with Crippen LogP contribution in [0.1, 0.15) is 31.7 Å². The molecule has 2 unspecified atom stereocenters. The van der Waals surface area contributed by atoms with Crippen LogP contribution in [0.15, 0.2) is 54.9 Å². The molecule has 0 saturated carbocycles. The predicted octanol–water partition coefficient (Wildman–Crippen LogP) is 4.16. The summed E-state index contributed by atoms with van der Waals surface area (Å²) in [6, 6.07) is 14.2. The third-order valence-electron chi connectivity index (χ3n) is 6.77. The van der Waals surface area contributed by atoms with Gasteiger partial charge in [-0.25, -0.2) is 15.0 Å². The maximum absolute atomic E-state index is 12.8. The van der Waals surface area contributed by atoms with Crippen LogP contribution in [0.25, 0.3) is 11.3 Å². The fraction of sp³-hybridized carbons (Fsp3) is 0.407. The molecule has 182 valence electrons. The van der Waals surface area contributed by atoms with Gasteiger partial charge in [-0.05, 0) is 61.1 Å². The van der Waals surface area contributed by atoms with Gasteiger partial charge in [-0.1, -0.05) is 19.1 Å². The zero-order valence-corrected chi connectivity index (χ0v) is 20.3.